The predicted octanol–water partition coefficient (Wildman–Crippen LogP) is 0.643. The summed E-state index contributed by atoms with van der Waals surface area (Å²) in [6, 6.07) is 2.05. The van der Waals surface area contributed by atoms with Gasteiger partial charge < -0.3 is 10.5 Å². The summed E-state index contributed by atoms with van der Waals surface area (Å²) in [5, 5.41) is 4.05. The minimum Gasteiger partial charge on any atom is -0.463 e. The van der Waals surface area contributed by atoms with Crippen LogP contribution in [0.3, 0.4) is 0 Å². The molecule has 0 aliphatic rings. The molecule has 0 aliphatic carbocycles. The fourth-order valence-electron chi connectivity index (χ4n) is 1.34. The molecule has 0 amide bonds. The zero-order chi connectivity index (χ0) is 12.3. The monoisotopic (exact) mass is 234 g/mol. The minimum absolute atomic E-state index is 0.141. The molecule has 2 aromatic heterocycles. The Morgan fingerprint density at radius 3 is 2.82 bits per heavy atom. The van der Waals surface area contributed by atoms with E-state index in [2.05, 4.69) is 20.1 Å². The molecule has 0 aliphatic heterocycles. The standard InChI is InChI=1S/C10H14N6O/c1-3-6-17-10-14-8(13-9(11)15-10)7-4-5-12-16(7)2/h4-5H,3,6H2,1-2H3,(H2,11,13,14,15). The zero-order valence-corrected chi connectivity index (χ0v) is 9.79. The van der Waals surface area contributed by atoms with Gasteiger partial charge in [-0.2, -0.15) is 20.1 Å². The van der Waals surface area contributed by atoms with E-state index in [-0.39, 0.29) is 12.0 Å². The van der Waals surface area contributed by atoms with Crippen LogP contribution in [0.15, 0.2) is 12.3 Å². The van der Waals surface area contributed by atoms with Crippen molar-refractivity contribution in [1.82, 2.24) is 24.7 Å². The molecule has 0 fully saturated rings. The van der Waals surface area contributed by atoms with Gasteiger partial charge >= 0.3 is 6.01 Å². The van der Waals surface area contributed by atoms with Crippen molar-refractivity contribution in [2.75, 3.05) is 12.3 Å². The van der Waals surface area contributed by atoms with Crippen LogP contribution in [-0.4, -0.2) is 31.3 Å². The van der Waals surface area contributed by atoms with Crippen LogP contribution in [0.1, 0.15) is 13.3 Å². The van der Waals surface area contributed by atoms with Gasteiger partial charge in [0.15, 0.2) is 5.82 Å². The first-order chi connectivity index (χ1) is 8.20. The van der Waals surface area contributed by atoms with Crippen LogP contribution in [0.5, 0.6) is 6.01 Å². The highest BCUT2D eigenvalue weighted by Gasteiger charge is 2.10. The highest BCUT2D eigenvalue weighted by Crippen LogP contribution is 2.16. The Bertz CT molecular complexity index is 509. The van der Waals surface area contributed by atoms with Crippen LogP contribution in [0, 0.1) is 0 Å². The highest BCUT2D eigenvalue weighted by atomic mass is 16.5. The zero-order valence-electron chi connectivity index (χ0n) is 9.79. The van der Waals surface area contributed by atoms with Gasteiger partial charge in [-0.15, -0.1) is 0 Å². The van der Waals surface area contributed by atoms with Crippen LogP contribution < -0.4 is 10.5 Å². The summed E-state index contributed by atoms with van der Waals surface area (Å²) in [6.07, 6.45) is 2.55. The first-order valence-corrected chi connectivity index (χ1v) is 5.33. The summed E-state index contributed by atoms with van der Waals surface area (Å²) in [6.45, 7) is 2.56. The van der Waals surface area contributed by atoms with Crippen molar-refractivity contribution in [3.05, 3.63) is 12.3 Å². The summed E-state index contributed by atoms with van der Waals surface area (Å²) < 4.78 is 7.01. The lowest BCUT2D eigenvalue weighted by Crippen LogP contribution is -2.07. The van der Waals surface area contributed by atoms with Crippen LogP contribution in [0.25, 0.3) is 11.5 Å². The minimum atomic E-state index is 0.141. The van der Waals surface area contributed by atoms with Gasteiger partial charge in [0, 0.05) is 13.2 Å². The summed E-state index contributed by atoms with van der Waals surface area (Å²) in [5.74, 6) is 0.603. The lowest BCUT2D eigenvalue weighted by atomic mass is 10.4. The van der Waals surface area contributed by atoms with Crippen molar-refractivity contribution in [2.24, 2.45) is 7.05 Å². The Morgan fingerprint density at radius 1 is 1.35 bits per heavy atom. The summed E-state index contributed by atoms with van der Waals surface area (Å²) in [7, 11) is 1.81. The van der Waals surface area contributed by atoms with Gasteiger partial charge in [0.2, 0.25) is 5.95 Å². The Hall–Kier alpha value is -2.18. The highest BCUT2D eigenvalue weighted by molar-refractivity contribution is 5.50. The van der Waals surface area contributed by atoms with Crippen LogP contribution >= 0.6 is 0 Å². The van der Waals surface area contributed by atoms with Crippen molar-refractivity contribution in [1.29, 1.82) is 0 Å². The molecule has 0 unspecified atom stereocenters. The number of nitrogen functional groups attached to an aromatic ring is 1. The number of aryl methyl sites for hydroxylation is 1. The number of rotatable bonds is 4. The molecule has 0 spiro atoms. The smallest absolute Gasteiger partial charge is 0.321 e. The average Bonchev–Trinajstić information content (AvgIpc) is 2.72. The number of anilines is 1. The molecule has 0 saturated carbocycles. The second kappa shape index (κ2) is 4.77. The van der Waals surface area contributed by atoms with Gasteiger partial charge in [-0.05, 0) is 12.5 Å². The van der Waals surface area contributed by atoms with Gasteiger partial charge in [-0.25, -0.2) is 0 Å². The maximum absolute atomic E-state index is 5.62. The third-order valence-corrected chi connectivity index (χ3v) is 2.12. The van der Waals surface area contributed by atoms with Crippen molar-refractivity contribution >= 4 is 5.95 Å². The molecular weight excluding hydrogens is 220 g/mol. The van der Waals surface area contributed by atoms with E-state index < -0.39 is 0 Å². The molecule has 0 atom stereocenters. The first-order valence-electron chi connectivity index (χ1n) is 5.33. The number of nitrogens with two attached hydrogens (primary N) is 1. The topological polar surface area (TPSA) is 91.7 Å². The summed E-state index contributed by atoms with van der Waals surface area (Å²) in [4.78, 5) is 12.2. The molecule has 0 bridgehead atoms. The molecule has 17 heavy (non-hydrogen) atoms. The van der Waals surface area contributed by atoms with Crippen LogP contribution in [0.2, 0.25) is 0 Å². The number of hydrogen-bond acceptors (Lipinski definition) is 6. The molecule has 2 N–H and O–H groups in total. The fourth-order valence-corrected chi connectivity index (χ4v) is 1.34. The normalized spacial score (nSPS) is 10.5. The quantitative estimate of drug-likeness (QED) is 0.834. The SMILES string of the molecule is CCCOc1nc(N)nc(-c2ccnn2C)n1. The van der Waals surface area contributed by atoms with E-state index in [4.69, 9.17) is 10.5 Å². The Morgan fingerprint density at radius 2 is 2.18 bits per heavy atom. The molecule has 0 radical (unpaired) electrons. The van der Waals surface area contributed by atoms with Crippen molar-refractivity contribution < 1.29 is 4.74 Å². The molecule has 7 heteroatoms. The van der Waals surface area contributed by atoms with Gasteiger partial charge in [0.1, 0.15) is 5.69 Å². The molecule has 0 saturated heterocycles. The van der Waals surface area contributed by atoms with Gasteiger partial charge in [0.05, 0.1) is 6.61 Å². The van der Waals surface area contributed by atoms with Crippen molar-refractivity contribution in [3.63, 3.8) is 0 Å². The number of nitrogens with zero attached hydrogens (tertiary/aromatic N) is 5. The average molecular weight is 234 g/mol. The third kappa shape index (κ3) is 2.49. The molecule has 2 aromatic rings. The largest absolute Gasteiger partial charge is 0.463 e. The molecule has 2 rings (SSSR count). The number of hydrogen-bond donors (Lipinski definition) is 1. The Balaban J connectivity index is 2.35. The first kappa shape index (κ1) is 11.3. The van der Waals surface area contributed by atoms with E-state index in [1.165, 1.54) is 0 Å². The van der Waals surface area contributed by atoms with Gasteiger partial charge in [-0.1, -0.05) is 6.92 Å². The number of ether oxygens (including phenoxy) is 1. The lowest BCUT2D eigenvalue weighted by molar-refractivity contribution is 0.292. The second-order valence-electron chi connectivity index (χ2n) is 3.49. The van der Waals surface area contributed by atoms with E-state index in [1.807, 2.05) is 14.0 Å². The lowest BCUT2D eigenvalue weighted by Gasteiger charge is -2.05. The maximum atomic E-state index is 5.62. The van der Waals surface area contributed by atoms with Gasteiger partial charge in [0.25, 0.3) is 0 Å². The van der Waals surface area contributed by atoms with Crippen LogP contribution in [-0.2, 0) is 7.05 Å². The maximum Gasteiger partial charge on any atom is 0.321 e. The van der Waals surface area contributed by atoms with Gasteiger partial charge in [-0.3, -0.25) is 4.68 Å². The molecule has 2 heterocycles. The Labute approximate surface area is 98.7 Å². The summed E-state index contributed by atoms with van der Waals surface area (Å²) >= 11 is 0. The van der Waals surface area contributed by atoms with E-state index in [0.717, 1.165) is 12.1 Å². The Kier molecular flexibility index (Phi) is 3.17. The van der Waals surface area contributed by atoms with Crippen molar-refractivity contribution in [3.8, 4) is 17.5 Å². The predicted molar refractivity (Wildman–Crippen MR) is 62.2 cm³/mol. The molecule has 90 valence electrons. The second-order valence-corrected chi connectivity index (χ2v) is 3.49. The molecular formula is C10H14N6O. The molecule has 0 aromatic carbocycles. The van der Waals surface area contributed by atoms with E-state index in [0.29, 0.717) is 12.4 Å². The van der Waals surface area contributed by atoms with E-state index in [9.17, 15) is 0 Å². The fraction of sp³-hybridized carbons (Fsp3) is 0.400. The van der Waals surface area contributed by atoms with Crippen molar-refractivity contribution in [2.45, 2.75) is 13.3 Å². The number of aromatic nitrogens is 5. The third-order valence-electron chi connectivity index (χ3n) is 2.12. The molecule has 7 nitrogen and oxygen atoms in total. The van der Waals surface area contributed by atoms with Crippen LogP contribution in [0.4, 0.5) is 5.95 Å². The summed E-state index contributed by atoms with van der Waals surface area (Å²) in [5.41, 5.74) is 6.38. The van der Waals surface area contributed by atoms with E-state index in [1.54, 1.807) is 16.9 Å². The van der Waals surface area contributed by atoms with E-state index >= 15 is 0 Å².